The molecule has 0 bridgehead atoms. The minimum Gasteiger partial charge on any atom is -0.394 e. The van der Waals surface area contributed by atoms with Gasteiger partial charge in [0.15, 0.2) is 25.2 Å². The van der Waals surface area contributed by atoms with Crippen LogP contribution in [0.25, 0.3) is 0 Å². The van der Waals surface area contributed by atoms with Gasteiger partial charge in [0.05, 0.1) is 50.3 Å². The van der Waals surface area contributed by atoms with Crippen LogP contribution < -0.4 is 0 Å². The Morgan fingerprint density at radius 2 is 1.18 bits per heavy atom. The van der Waals surface area contributed by atoms with Crippen LogP contribution in [0.5, 0.6) is 0 Å². The zero-order valence-corrected chi connectivity index (χ0v) is 45.0. The molecule has 30 atom stereocenters. The highest BCUT2D eigenvalue weighted by molar-refractivity contribution is 5.22. The summed E-state index contributed by atoms with van der Waals surface area (Å²) >= 11 is 0. The Bertz CT molecular complexity index is 1980. The van der Waals surface area contributed by atoms with Gasteiger partial charge >= 0.3 is 0 Å². The SMILES string of the molecule is CC(C)=CCC[C@](C)(O[C@@H]1O[C@H](CO[C@H]2OC[C@H](O)[C@@H](O)[C@@H]2O)[C@@H](O)[C@H](O)[C@H]1O)[C@H]1CC[C@]2(C)[C@H]1[C@H](O)C[C@H]1[C@@]3(C)CC[C@@H](O[C@@H]4O[C@H](CO)[C@@H](O)[C@H](O)[C@H]4O[C@@H]4O[C@@H](CO)[C@H](O)[C@@H](O)[C@@H]4O)C(C)(C)[C@H]3[C@@H](O)C[C@]12C. The molecule has 23 heteroatoms. The Hall–Kier alpha value is -1.18. The average Bonchev–Trinajstić information content (AvgIpc) is 3.75. The molecule has 0 amide bonds. The fourth-order valence-corrected chi connectivity index (χ4v) is 16.2. The van der Waals surface area contributed by atoms with Crippen LogP contribution in [-0.2, 0) is 37.9 Å². The highest BCUT2D eigenvalue weighted by Crippen LogP contribution is 2.76. The van der Waals surface area contributed by atoms with Crippen molar-refractivity contribution in [2.75, 3.05) is 26.4 Å². The van der Waals surface area contributed by atoms with Crippen molar-refractivity contribution in [1.82, 2.24) is 0 Å². The second-order valence-electron chi connectivity index (χ2n) is 25.5. The highest BCUT2D eigenvalue weighted by Gasteiger charge is 2.74. The van der Waals surface area contributed by atoms with Crippen LogP contribution in [-0.4, -0.2) is 244 Å². The summed E-state index contributed by atoms with van der Waals surface area (Å²) in [5, 5.41) is 164. The maximum atomic E-state index is 12.8. The van der Waals surface area contributed by atoms with Crippen molar-refractivity contribution in [3.05, 3.63) is 11.6 Å². The molecule has 8 fully saturated rings. The second kappa shape index (κ2) is 22.9. The van der Waals surface area contributed by atoms with E-state index in [1.54, 1.807) is 0 Å². The molecule has 440 valence electrons. The molecule has 0 spiro atoms. The van der Waals surface area contributed by atoms with E-state index in [0.29, 0.717) is 51.4 Å². The second-order valence-corrected chi connectivity index (χ2v) is 25.5. The number of hydrogen-bond donors (Lipinski definition) is 15. The average molecular weight is 1100 g/mol. The zero-order chi connectivity index (χ0) is 55.9. The number of hydrogen-bond acceptors (Lipinski definition) is 23. The van der Waals surface area contributed by atoms with Crippen molar-refractivity contribution in [3.8, 4) is 0 Å². The first kappa shape index (κ1) is 60.9. The molecular formula is C53H90O23. The Balaban J connectivity index is 1.03. The van der Waals surface area contributed by atoms with Gasteiger partial charge in [0.1, 0.15) is 91.6 Å². The normalized spacial score (nSPS) is 53.2. The lowest BCUT2D eigenvalue weighted by Crippen LogP contribution is -2.70. The molecule has 8 aliphatic rings. The maximum Gasteiger partial charge on any atom is 0.187 e. The van der Waals surface area contributed by atoms with E-state index < -0.39 is 188 Å². The van der Waals surface area contributed by atoms with Gasteiger partial charge in [-0.2, -0.15) is 0 Å². The number of aliphatic hydroxyl groups is 15. The molecule has 4 saturated heterocycles. The lowest BCUT2D eigenvalue weighted by atomic mass is 9.34. The first-order valence-corrected chi connectivity index (χ1v) is 27.4. The Morgan fingerprint density at radius 1 is 0.605 bits per heavy atom. The molecule has 4 aliphatic carbocycles. The Kier molecular flexibility index (Phi) is 18.3. The van der Waals surface area contributed by atoms with Crippen molar-refractivity contribution in [2.24, 2.45) is 45.3 Å². The summed E-state index contributed by atoms with van der Waals surface area (Å²) < 4.78 is 48.6. The predicted octanol–water partition coefficient (Wildman–Crippen LogP) is -2.59. The van der Waals surface area contributed by atoms with Crippen LogP contribution in [0, 0.1) is 45.3 Å². The number of allylic oxidation sites excluding steroid dienone is 2. The Morgan fingerprint density at radius 3 is 1.82 bits per heavy atom. The smallest absolute Gasteiger partial charge is 0.187 e. The summed E-state index contributed by atoms with van der Waals surface area (Å²) in [7, 11) is 0. The summed E-state index contributed by atoms with van der Waals surface area (Å²) in [6, 6.07) is 0. The van der Waals surface area contributed by atoms with Crippen LogP contribution in [0.3, 0.4) is 0 Å². The lowest BCUT2D eigenvalue weighted by Gasteiger charge is -2.71. The molecule has 23 nitrogen and oxygen atoms in total. The van der Waals surface area contributed by atoms with E-state index in [-0.39, 0.29) is 24.4 Å². The van der Waals surface area contributed by atoms with Crippen LogP contribution in [0.2, 0.25) is 0 Å². The van der Waals surface area contributed by atoms with Gasteiger partial charge in [-0.3, -0.25) is 0 Å². The van der Waals surface area contributed by atoms with Crippen LogP contribution >= 0.6 is 0 Å². The van der Waals surface area contributed by atoms with Gasteiger partial charge in [0.25, 0.3) is 0 Å². The molecule has 0 aromatic carbocycles. The van der Waals surface area contributed by atoms with Gasteiger partial charge in [-0.15, -0.1) is 0 Å². The van der Waals surface area contributed by atoms with Crippen molar-refractivity contribution in [3.63, 3.8) is 0 Å². The third-order valence-electron chi connectivity index (χ3n) is 20.4. The van der Waals surface area contributed by atoms with Crippen LogP contribution in [0.4, 0.5) is 0 Å². The summed E-state index contributed by atoms with van der Waals surface area (Å²) in [4.78, 5) is 0. The van der Waals surface area contributed by atoms with Crippen molar-refractivity contribution in [2.45, 2.75) is 247 Å². The molecule has 15 N–H and O–H groups in total. The van der Waals surface area contributed by atoms with E-state index >= 15 is 0 Å². The van der Waals surface area contributed by atoms with Crippen molar-refractivity contribution in [1.29, 1.82) is 0 Å². The van der Waals surface area contributed by atoms with E-state index in [9.17, 15) is 76.6 Å². The molecule has 0 aromatic heterocycles. The maximum absolute atomic E-state index is 12.8. The summed E-state index contributed by atoms with van der Waals surface area (Å²) in [5.41, 5.74) is -2.59. The minimum absolute atomic E-state index is 0.123. The van der Waals surface area contributed by atoms with E-state index in [1.807, 2.05) is 34.6 Å². The fourth-order valence-electron chi connectivity index (χ4n) is 16.2. The number of fused-ring (bicyclic) bond motifs is 5. The lowest BCUT2D eigenvalue weighted by molar-refractivity contribution is -0.380. The van der Waals surface area contributed by atoms with Crippen LogP contribution in [0.15, 0.2) is 11.6 Å². The number of ether oxygens (including phenoxy) is 8. The van der Waals surface area contributed by atoms with E-state index in [1.165, 1.54) is 0 Å². The molecule has 0 unspecified atom stereocenters. The third-order valence-corrected chi connectivity index (χ3v) is 20.4. The monoisotopic (exact) mass is 1090 g/mol. The summed E-state index contributed by atoms with van der Waals surface area (Å²) in [6.45, 7) is 14.2. The van der Waals surface area contributed by atoms with Crippen molar-refractivity contribution >= 4 is 0 Å². The largest absolute Gasteiger partial charge is 0.394 e. The van der Waals surface area contributed by atoms with Crippen molar-refractivity contribution < 1.29 is 114 Å². The van der Waals surface area contributed by atoms with Gasteiger partial charge in [0.2, 0.25) is 0 Å². The topological polar surface area (TPSA) is 377 Å². The molecule has 4 heterocycles. The minimum atomic E-state index is -1.85. The number of aliphatic hydroxyl groups excluding tert-OH is 15. The standard InChI is InChI=1S/C53H90O23/c1-22(2)10-9-13-53(8,76-47-42(68)38(64)36(62)29(73-47)21-70-45-40(66)33(59)26(58)20-69-45)23-11-15-51(6)32(23)24(56)16-30-50(5)14-12-31(49(3,4)44(50)25(57)17-52(30,51)7)74-48-43(39(65)35(61)28(19-55)72-48)75-46-41(67)37(63)34(60)27(18-54)71-46/h10,23-48,54-68H,9,11-21H2,1-8H3/t23-,24+,25-,26-,27-,28+,29+,30-,31+,32+,33+,34-,35+,36+,37+,38-,39-,40-,41-,42+,43+,44+,45+,46-,47-,48-,50+,51+,52+,53-/m0/s1. The summed E-state index contributed by atoms with van der Waals surface area (Å²) in [5.74, 6) is -1.26. The van der Waals surface area contributed by atoms with Gasteiger partial charge in [-0.1, -0.05) is 46.3 Å². The van der Waals surface area contributed by atoms with E-state index in [0.717, 1.165) is 5.57 Å². The molecule has 8 rings (SSSR count). The number of rotatable bonds is 15. The fraction of sp³-hybridized carbons (Fsp3) is 0.962. The molecule has 0 aromatic rings. The molecule has 4 aliphatic heterocycles. The zero-order valence-electron chi connectivity index (χ0n) is 45.0. The van der Waals surface area contributed by atoms with Gasteiger partial charge < -0.3 is 114 Å². The first-order valence-electron chi connectivity index (χ1n) is 27.4. The van der Waals surface area contributed by atoms with Gasteiger partial charge in [-0.05, 0) is 117 Å². The van der Waals surface area contributed by atoms with E-state index in [2.05, 4.69) is 26.8 Å². The van der Waals surface area contributed by atoms with Crippen LogP contribution in [0.1, 0.15) is 107 Å². The Labute approximate surface area is 444 Å². The first-order chi connectivity index (χ1) is 35.5. The predicted molar refractivity (Wildman–Crippen MR) is 262 cm³/mol. The highest BCUT2D eigenvalue weighted by atomic mass is 16.8. The van der Waals surface area contributed by atoms with Gasteiger partial charge in [0, 0.05) is 0 Å². The van der Waals surface area contributed by atoms with E-state index in [4.69, 9.17) is 37.9 Å². The molecular weight excluding hydrogens is 1000 g/mol. The quantitative estimate of drug-likeness (QED) is 0.0591. The molecule has 4 saturated carbocycles. The summed E-state index contributed by atoms with van der Waals surface area (Å²) in [6.07, 6.45) is -26.5. The van der Waals surface area contributed by atoms with Gasteiger partial charge in [-0.25, -0.2) is 0 Å². The third kappa shape index (κ3) is 10.5. The molecule has 76 heavy (non-hydrogen) atoms. The molecule has 0 radical (unpaired) electrons.